The Kier molecular flexibility index (Phi) is 8.20. The third-order valence-corrected chi connectivity index (χ3v) is 6.98. The molecule has 0 radical (unpaired) electrons. The van der Waals surface area contributed by atoms with E-state index in [0.29, 0.717) is 37.7 Å². The molecular weight excluding hydrogens is 524 g/mol. The van der Waals surface area contributed by atoms with Gasteiger partial charge >= 0.3 is 11.9 Å². The quantitative estimate of drug-likeness (QED) is 0.310. The number of benzene rings is 2. The zero-order chi connectivity index (χ0) is 28.3. The molecule has 0 spiro atoms. The first-order valence-corrected chi connectivity index (χ1v) is 12.8. The molecule has 0 saturated carbocycles. The van der Waals surface area contributed by atoms with Crippen LogP contribution in [0.5, 0.6) is 23.0 Å². The van der Waals surface area contributed by atoms with Gasteiger partial charge in [-0.3, -0.25) is 14.2 Å². The summed E-state index contributed by atoms with van der Waals surface area (Å²) in [4.78, 5) is 43.6. The Hall–Kier alpha value is -4.38. The standard InChI is InChI=1S/C28H28N2O8S/c1-7-37-27(33)24-15(2)29-28-30(25(24)17-8-10-21(38-16(3)31)22(13-17)36-6)26(32)23(39-28)14-18-12-19(34-4)9-11-20(18)35-5/h8-14,25H,7H2,1-6H3/b23-14+/t25-/m1/s1. The fourth-order valence-electron chi connectivity index (χ4n) is 4.29. The molecule has 2 heterocycles. The summed E-state index contributed by atoms with van der Waals surface area (Å²) in [7, 11) is 4.54. The molecule has 4 rings (SSSR count). The van der Waals surface area contributed by atoms with E-state index in [1.807, 2.05) is 0 Å². The monoisotopic (exact) mass is 552 g/mol. The van der Waals surface area contributed by atoms with Gasteiger partial charge in [0.1, 0.15) is 11.5 Å². The number of thiazole rings is 1. The largest absolute Gasteiger partial charge is 0.497 e. The van der Waals surface area contributed by atoms with Crippen molar-refractivity contribution < 1.29 is 33.3 Å². The molecule has 0 bridgehead atoms. The van der Waals surface area contributed by atoms with Crippen molar-refractivity contribution in [3.8, 4) is 23.0 Å². The molecule has 3 aromatic rings. The molecule has 0 aliphatic carbocycles. The summed E-state index contributed by atoms with van der Waals surface area (Å²) in [6, 6.07) is 9.28. The molecule has 0 saturated heterocycles. The van der Waals surface area contributed by atoms with Crippen LogP contribution in [0.25, 0.3) is 6.08 Å². The van der Waals surface area contributed by atoms with Gasteiger partial charge in [-0.15, -0.1) is 0 Å². The lowest BCUT2D eigenvalue weighted by Gasteiger charge is -2.25. The highest BCUT2D eigenvalue weighted by Gasteiger charge is 2.34. The van der Waals surface area contributed by atoms with Crippen LogP contribution in [-0.4, -0.2) is 44.4 Å². The van der Waals surface area contributed by atoms with Gasteiger partial charge in [-0.25, -0.2) is 9.79 Å². The van der Waals surface area contributed by atoms with Crippen molar-refractivity contribution >= 4 is 29.4 Å². The highest BCUT2D eigenvalue weighted by Crippen LogP contribution is 2.36. The van der Waals surface area contributed by atoms with E-state index >= 15 is 0 Å². The zero-order valence-corrected chi connectivity index (χ0v) is 23.2. The molecule has 10 nitrogen and oxygen atoms in total. The zero-order valence-electron chi connectivity index (χ0n) is 22.4. The maximum atomic E-state index is 13.9. The molecule has 0 fully saturated rings. The summed E-state index contributed by atoms with van der Waals surface area (Å²) in [5.41, 5.74) is 1.48. The van der Waals surface area contributed by atoms with Gasteiger partial charge in [0.15, 0.2) is 16.3 Å². The van der Waals surface area contributed by atoms with Gasteiger partial charge in [0, 0.05) is 12.5 Å². The molecular formula is C28H28N2O8S. The van der Waals surface area contributed by atoms with Crippen molar-refractivity contribution in [1.82, 2.24) is 4.57 Å². The lowest BCUT2D eigenvalue weighted by molar-refractivity contribution is -0.139. The summed E-state index contributed by atoms with van der Waals surface area (Å²) >= 11 is 1.19. The molecule has 2 aromatic carbocycles. The third-order valence-electron chi connectivity index (χ3n) is 6.00. The molecule has 0 unspecified atom stereocenters. The number of allylic oxidation sites excluding steroid dienone is 1. The molecule has 1 aliphatic rings. The molecule has 204 valence electrons. The summed E-state index contributed by atoms with van der Waals surface area (Å²) in [6.07, 6.45) is 1.70. The van der Waals surface area contributed by atoms with Crippen LogP contribution in [0, 0.1) is 0 Å². The van der Waals surface area contributed by atoms with Crippen LogP contribution in [0.3, 0.4) is 0 Å². The predicted molar refractivity (Wildman–Crippen MR) is 144 cm³/mol. The average Bonchev–Trinajstić information content (AvgIpc) is 3.21. The van der Waals surface area contributed by atoms with Crippen molar-refractivity contribution in [2.24, 2.45) is 4.99 Å². The van der Waals surface area contributed by atoms with Gasteiger partial charge < -0.3 is 23.7 Å². The lowest BCUT2D eigenvalue weighted by Crippen LogP contribution is -2.40. The van der Waals surface area contributed by atoms with Gasteiger partial charge in [-0.05, 0) is 55.8 Å². The first kappa shape index (κ1) is 27.6. The van der Waals surface area contributed by atoms with E-state index in [1.54, 1.807) is 70.5 Å². The van der Waals surface area contributed by atoms with Crippen LogP contribution in [0.4, 0.5) is 0 Å². The normalized spacial score (nSPS) is 14.8. The molecule has 11 heteroatoms. The molecule has 1 aliphatic heterocycles. The first-order chi connectivity index (χ1) is 18.7. The Bertz CT molecular complexity index is 1650. The van der Waals surface area contributed by atoms with Crippen LogP contribution < -0.4 is 33.8 Å². The summed E-state index contributed by atoms with van der Waals surface area (Å²) < 4.78 is 28.7. The Labute approximate surface area is 228 Å². The van der Waals surface area contributed by atoms with Gasteiger partial charge in [-0.2, -0.15) is 0 Å². The molecule has 39 heavy (non-hydrogen) atoms. The Morgan fingerprint density at radius 2 is 1.74 bits per heavy atom. The highest BCUT2D eigenvalue weighted by molar-refractivity contribution is 7.07. The molecule has 0 amide bonds. The van der Waals surface area contributed by atoms with Crippen LogP contribution in [0.1, 0.15) is 37.9 Å². The Morgan fingerprint density at radius 1 is 1.03 bits per heavy atom. The molecule has 0 N–H and O–H groups in total. The predicted octanol–water partition coefficient (Wildman–Crippen LogP) is 2.75. The number of carbonyl (C=O) groups excluding carboxylic acids is 2. The average molecular weight is 553 g/mol. The number of nitrogens with zero attached hydrogens (tertiary/aromatic N) is 2. The Balaban J connectivity index is 1.97. The van der Waals surface area contributed by atoms with E-state index in [4.69, 9.17) is 23.7 Å². The van der Waals surface area contributed by atoms with Crippen molar-refractivity contribution in [3.63, 3.8) is 0 Å². The van der Waals surface area contributed by atoms with Crippen molar-refractivity contribution in [3.05, 3.63) is 78.5 Å². The number of hydrogen-bond acceptors (Lipinski definition) is 10. The number of fused-ring (bicyclic) bond motifs is 1. The van der Waals surface area contributed by atoms with E-state index in [2.05, 4.69) is 4.99 Å². The maximum Gasteiger partial charge on any atom is 0.338 e. The van der Waals surface area contributed by atoms with E-state index in [-0.39, 0.29) is 29.2 Å². The van der Waals surface area contributed by atoms with Crippen molar-refractivity contribution in [2.45, 2.75) is 26.8 Å². The van der Waals surface area contributed by atoms with Crippen molar-refractivity contribution in [2.75, 3.05) is 27.9 Å². The van der Waals surface area contributed by atoms with E-state index in [9.17, 15) is 14.4 Å². The van der Waals surface area contributed by atoms with Gasteiger partial charge in [-0.1, -0.05) is 17.4 Å². The maximum absolute atomic E-state index is 13.9. The third kappa shape index (κ3) is 5.44. The lowest BCUT2D eigenvalue weighted by atomic mass is 9.95. The number of carbonyl (C=O) groups is 2. The number of hydrogen-bond donors (Lipinski definition) is 0. The van der Waals surface area contributed by atoms with E-state index in [0.717, 1.165) is 0 Å². The minimum absolute atomic E-state index is 0.150. The topological polar surface area (TPSA) is 115 Å². The number of ether oxygens (including phenoxy) is 5. The van der Waals surface area contributed by atoms with Crippen molar-refractivity contribution in [1.29, 1.82) is 0 Å². The SMILES string of the molecule is CCOC(=O)C1=C(C)N=c2s/c(=C/c3cc(OC)ccc3OC)c(=O)n2[C@@H]1c1ccc(OC(C)=O)c(OC)c1. The Morgan fingerprint density at radius 3 is 2.38 bits per heavy atom. The van der Waals surface area contributed by atoms with Crippen LogP contribution in [0.15, 0.2) is 57.5 Å². The van der Waals surface area contributed by atoms with Gasteiger partial charge in [0.25, 0.3) is 5.56 Å². The minimum atomic E-state index is -0.866. The fraction of sp³-hybridized carbons (Fsp3) is 0.286. The van der Waals surface area contributed by atoms with Gasteiger partial charge in [0.2, 0.25) is 0 Å². The number of methoxy groups -OCH3 is 3. The first-order valence-electron chi connectivity index (χ1n) is 12.0. The summed E-state index contributed by atoms with van der Waals surface area (Å²) in [5.74, 6) is 0.550. The molecule has 1 atom stereocenters. The number of rotatable bonds is 8. The summed E-state index contributed by atoms with van der Waals surface area (Å²) in [6.45, 7) is 4.84. The minimum Gasteiger partial charge on any atom is -0.497 e. The van der Waals surface area contributed by atoms with E-state index in [1.165, 1.54) is 29.9 Å². The second kappa shape index (κ2) is 11.6. The second-order valence-corrected chi connectivity index (χ2v) is 9.42. The van der Waals surface area contributed by atoms with E-state index < -0.39 is 18.0 Å². The smallest absolute Gasteiger partial charge is 0.338 e. The van der Waals surface area contributed by atoms with Crippen LogP contribution >= 0.6 is 11.3 Å². The number of esters is 2. The number of aromatic nitrogens is 1. The molecule has 1 aromatic heterocycles. The summed E-state index contributed by atoms with van der Waals surface area (Å²) in [5, 5.41) is 0. The highest BCUT2D eigenvalue weighted by atomic mass is 32.1. The second-order valence-electron chi connectivity index (χ2n) is 8.41. The van der Waals surface area contributed by atoms with Gasteiger partial charge in [0.05, 0.1) is 49.8 Å². The van der Waals surface area contributed by atoms with Crippen LogP contribution in [-0.2, 0) is 14.3 Å². The fourth-order valence-corrected chi connectivity index (χ4v) is 5.33. The van der Waals surface area contributed by atoms with Crippen LogP contribution in [0.2, 0.25) is 0 Å².